The zero-order valence-electron chi connectivity index (χ0n) is 13.3. The van der Waals surface area contributed by atoms with Gasteiger partial charge in [-0.05, 0) is 37.5 Å². The van der Waals surface area contributed by atoms with Gasteiger partial charge in [0.2, 0.25) is 0 Å². The van der Waals surface area contributed by atoms with Crippen LogP contribution < -0.4 is 15.4 Å². The zero-order valence-corrected chi connectivity index (χ0v) is 14.1. The molecule has 1 aliphatic rings. The predicted molar refractivity (Wildman–Crippen MR) is 86.3 cm³/mol. The van der Waals surface area contributed by atoms with Gasteiger partial charge >= 0.3 is 12.4 Å². The number of carbonyl (C=O) groups excluding carboxylic acids is 1. The van der Waals surface area contributed by atoms with Gasteiger partial charge in [-0.3, -0.25) is 0 Å². The van der Waals surface area contributed by atoms with E-state index in [2.05, 4.69) is 20.4 Å². The number of hydrogen-bond acceptors (Lipinski definition) is 4. The molecule has 3 rings (SSSR count). The SMILES string of the molecule is Cc1ncsc1CNC(=O)NC1(c2cccc(OC(F)(F)F)c2)CC1. The van der Waals surface area contributed by atoms with E-state index in [1.54, 1.807) is 11.6 Å². The second-order valence-corrected chi connectivity index (χ2v) is 6.77. The van der Waals surface area contributed by atoms with Crippen molar-refractivity contribution < 1.29 is 22.7 Å². The number of alkyl halides is 3. The van der Waals surface area contributed by atoms with Crippen LogP contribution in [0.4, 0.5) is 18.0 Å². The maximum atomic E-state index is 12.4. The van der Waals surface area contributed by atoms with Crippen LogP contribution in [0.15, 0.2) is 29.8 Å². The number of aromatic nitrogens is 1. The Morgan fingerprint density at radius 1 is 1.40 bits per heavy atom. The van der Waals surface area contributed by atoms with Gasteiger partial charge in [0.05, 0.1) is 23.3 Å². The number of urea groups is 1. The standard InChI is InChI=1S/C16H16F3N3O2S/c1-10-13(25-9-21-10)8-20-14(23)22-15(5-6-15)11-3-2-4-12(7-11)24-16(17,18)19/h2-4,7,9H,5-6,8H2,1H3,(H2,20,22,23). The summed E-state index contributed by atoms with van der Waals surface area (Å²) >= 11 is 1.45. The highest BCUT2D eigenvalue weighted by atomic mass is 32.1. The van der Waals surface area contributed by atoms with E-state index in [4.69, 9.17) is 0 Å². The number of hydrogen-bond donors (Lipinski definition) is 2. The molecule has 5 nitrogen and oxygen atoms in total. The number of rotatable bonds is 5. The highest BCUT2D eigenvalue weighted by molar-refractivity contribution is 7.09. The molecule has 134 valence electrons. The molecule has 1 aromatic carbocycles. The summed E-state index contributed by atoms with van der Waals surface area (Å²) in [6.45, 7) is 2.22. The smallest absolute Gasteiger partial charge is 0.406 e. The second kappa shape index (κ2) is 6.55. The van der Waals surface area contributed by atoms with Crippen molar-refractivity contribution in [3.05, 3.63) is 45.9 Å². The van der Waals surface area contributed by atoms with Crippen molar-refractivity contribution in [1.82, 2.24) is 15.6 Å². The molecule has 9 heteroatoms. The van der Waals surface area contributed by atoms with Crippen molar-refractivity contribution in [2.24, 2.45) is 0 Å². The second-order valence-electron chi connectivity index (χ2n) is 5.83. The molecule has 25 heavy (non-hydrogen) atoms. The van der Waals surface area contributed by atoms with Crippen molar-refractivity contribution in [2.45, 2.75) is 38.2 Å². The monoisotopic (exact) mass is 371 g/mol. The summed E-state index contributed by atoms with van der Waals surface area (Å²) in [6.07, 6.45) is -3.42. The van der Waals surface area contributed by atoms with Crippen LogP contribution >= 0.6 is 11.3 Å². The molecule has 1 saturated carbocycles. The number of carbonyl (C=O) groups is 1. The van der Waals surface area contributed by atoms with Crippen molar-refractivity contribution in [3.63, 3.8) is 0 Å². The Labute approximate surface area is 146 Å². The van der Waals surface area contributed by atoms with Crippen LogP contribution in [0.1, 0.15) is 29.0 Å². The van der Waals surface area contributed by atoms with Crippen LogP contribution in [-0.4, -0.2) is 17.4 Å². The number of halogens is 3. The third-order valence-corrected chi connectivity index (χ3v) is 4.91. The molecular formula is C16H16F3N3O2S. The molecule has 2 aromatic rings. The average Bonchev–Trinajstić information content (AvgIpc) is 3.18. The van der Waals surface area contributed by atoms with Crippen LogP contribution in [0.25, 0.3) is 0 Å². The van der Waals surface area contributed by atoms with Gasteiger partial charge in [-0.1, -0.05) is 12.1 Å². The normalized spacial score (nSPS) is 15.5. The minimum atomic E-state index is -4.74. The number of benzene rings is 1. The van der Waals surface area contributed by atoms with Crippen LogP contribution in [0.3, 0.4) is 0 Å². The first-order chi connectivity index (χ1) is 11.8. The Bertz CT molecular complexity index is 772. The molecule has 1 aromatic heterocycles. The van der Waals surface area contributed by atoms with E-state index in [9.17, 15) is 18.0 Å². The quantitative estimate of drug-likeness (QED) is 0.839. The fourth-order valence-electron chi connectivity index (χ4n) is 2.52. The van der Waals surface area contributed by atoms with Crippen molar-refractivity contribution >= 4 is 17.4 Å². The Balaban J connectivity index is 1.63. The number of nitrogens with zero attached hydrogens (tertiary/aromatic N) is 1. The lowest BCUT2D eigenvalue weighted by atomic mass is 10.0. The molecule has 1 heterocycles. The van der Waals surface area contributed by atoms with Gasteiger partial charge in [-0.25, -0.2) is 9.78 Å². The van der Waals surface area contributed by atoms with Gasteiger partial charge < -0.3 is 15.4 Å². The fraction of sp³-hybridized carbons (Fsp3) is 0.375. The van der Waals surface area contributed by atoms with E-state index in [0.29, 0.717) is 24.9 Å². The maximum absolute atomic E-state index is 12.4. The number of amides is 2. The largest absolute Gasteiger partial charge is 0.573 e. The Morgan fingerprint density at radius 3 is 2.76 bits per heavy atom. The molecule has 0 saturated heterocycles. The number of ether oxygens (including phenoxy) is 1. The highest BCUT2D eigenvalue weighted by Crippen LogP contribution is 2.46. The molecule has 0 atom stereocenters. The zero-order chi connectivity index (χ0) is 18.1. The summed E-state index contributed by atoms with van der Waals surface area (Å²) in [5.41, 5.74) is 2.53. The van der Waals surface area contributed by atoms with Crippen molar-refractivity contribution in [2.75, 3.05) is 0 Å². The van der Waals surface area contributed by atoms with E-state index >= 15 is 0 Å². The van der Waals surface area contributed by atoms with Gasteiger partial charge in [0.25, 0.3) is 0 Å². The predicted octanol–water partition coefficient (Wildman–Crippen LogP) is 3.84. The van der Waals surface area contributed by atoms with E-state index in [1.165, 1.54) is 29.5 Å². The molecule has 0 radical (unpaired) electrons. The van der Waals surface area contributed by atoms with Crippen LogP contribution in [0, 0.1) is 6.92 Å². The minimum absolute atomic E-state index is 0.293. The first-order valence-corrected chi connectivity index (χ1v) is 8.47. The van der Waals surface area contributed by atoms with Crippen LogP contribution in [0.2, 0.25) is 0 Å². The van der Waals surface area contributed by atoms with Crippen molar-refractivity contribution in [1.29, 1.82) is 0 Å². The Morgan fingerprint density at radius 2 is 2.16 bits per heavy atom. The lowest BCUT2D eigenvalue weighted by Gasteiger charge is -2.19. The first kappa shape index (κ1) is 17.5. The molecule has 0 spiro atoms. The molecule has 1 aliphatic carbocycles. The van der Waals surface area contributed by atoms with Crippen LogP contribution in [-0.2, 0) is 12.1 Å². The third-order valence-electron chi connectivity index (χ3n) is 3.98. The minimum Gasteiger partial charge on any atom is -0.406 e. The summed E-state index contributed by atoms with van der Waals surface area (Å²) < 4.78 is 41.0. The van der Waals surface area contributed by atoms with Gasteiger partial charge in [-0.15, -0.1) is 24.5 Å². The molecule has 1 fully saturated rings. The maximum Gasteiger partial charge on any atom is 0.573 e. The summed E-state index contributed by atoms with van der Waals surface area (Å²) in [4.78, 5) is 17.2. The summed E-state index contributed by atoms with van der Waals surface area (Å²) in [5.74, 6) is -0.293. The van der Waals surface area contributed by atoms with E-state index < -0.39 is 11.9 Å². The first-order valence-electron chi connectivity index (χ1n) is 7.59. The fourth-order valence-corrected chi connectivity index (χ4v) is 3.24. The lowest BCUT2D eigenvalue weighted by Crippen LogP contribution is -2.41. The number of aryl methyl sites for hydroxylation is 1. The van der Waals surface area contributed by atoms with E-state index in [0.717, 1.165) is 10.6 Å². The molecule has 0 unspecified atom stereocenters. The van der Waals surface area contributed by atoms with E-state index in [1.807, 2.05) is 6.92 Å². The van der Waals surface area contributed by atoms with Gasteiger partial charge in [0.15, 0.2) is 0 Å². The third kappa shape index (κ3) is 4.41. The molecule has 2 amide bonds. The number of nitrogens with one attached hydrogen (secondary N) is 2. The molecule has 0 aliphatic heterocycles. The van der Waals surface area contributed by atoms with Gasteiger partial charge in [-0.2, -0.15) is 0 Å². The Kier molecular flexibility index (Phi) is 4.59. The molecule has 0 bridgehead atoms. The summed E-state index contributed by atoms with van der Waals surface area (Å²) in [5, 5.41) is 5.61. The van der Waals surface area contributed by atoms with Gasteiger partial charge in [0.1, 0.15) is 5.75 Å². The summed E-state index contributed by atoms with van der Waals surface area (Å²) in [7, 11) is 0. The highest BCUT2D eigenvalue weighted by Gasteiger charge is 2.46. The Hall–Kier alpha value is -2.29. The van der Waals surface area contributed by atoms with Crippen LogP contribution in [0.5, 0.6) is 5.75 Å². The van der Waals surface area contributed by atoms with E-state index in [-0.39, 0.29) is 11.8 Å². The summed E-state index contributed by atoms with van der Waals surface area (Å²) in [6, 6.07) is 5.35. The van der Waals surface area contributed by atoms with Crippen molar-refractivity contribution in [3.8, 4) is 5.75 Å². The molecule has 2 N–H and O–H groups in total. The molecular weight excluding hydrogens is 355 g/mol. The lowest BCUT2D eigenvalue weighted by molar-refractivity contribution is -0.274. The average molecular weight is 371 g/mol. The van der Waals surface area contributed by atoms with Gasteiger partial charge in [0, 0.05) is 4.88 Å². The topological polar surface area (TPSA) is 63.2 Å². The number of thiazole rings is 1.